The van der Waals surface area contributed by atoms with Crippen LogP contribution >= 0.6 is 0 Å². The van der Waals surface area contributed by atoms with Gasteiger partial charge < -0.3 is 10.2 Å². The first kappa shape index (κ1) is 20.4. The molecule has 26 heavy (non-hydrogen) atoms. The Morgan fingerprint density at radius 3 is 2.27 bits per heavy atom. The molecule has 0 aromatic heterocycles. The molecule has 0 spiro atoms. The summed E-state index contributed by atoms with van der Waals surface area (Å²) in [7, 11) is 0. The molecule has 0 saturated carbocycles. The number of halogens is 1. The zero-order valence-electron chi connectivity index (χ0n) is 16.2. The molecular weight excluding hydrogens is 333 g/mol. The number of hydrogen-bond acceptors (Lipinski definition) is 3. The molecule has 1 N–H and O–H groups in total. The number of carbonyl (C=O) groups excluding carboxylic acids is 2. The van der Waals surface area contributed by atoms with Gasteiger partial charge in [0.25, 0.3) is 0 Å². The summed E-state index contributed by atoms with van der Waals surface area (Å²) in [6, 6.07) is 5.82. The molecule has 1 aliphatic heterocycles. The standard InChI is InChI=1S/C20H30FN3O2/c1-5-20(3,4)22-19(26)15(2)23-10-12-24(13-11-23)18(25)14-16-6-8-17(21)9-7-16/h6-9,15H,5,10-14H2,1-4H3,(H,22,26). The average molecular weight is 363 g/mol. The van der Waals surface area contributed by atoms with Crippen molar-refractivity contribution in [3.8, 4) is 0 Å². The Kier molecular flexibility index (Phi) is 6.75. The predicted molar refractivity (Wildman–Crippen MR) is 100 cm³/mol. The Labute approximate surface area is 155 Å². The first-order chi connectivity index (χ1) is 12.2. The first-order valence-electron chi connectivity index (χ1n) is 9.30. The first-order valence-corrected chi connectivity index (χ1v) is 9.30. The van der Waals surface area contributed by atoms with Crippen molar-refractivity contribution in [1.29, 1.82) is 0 Å². The van der Waals surface area contributed by atoms with Crippen molar-refractivity contribution in [2.45, 2.75) is 52.1 Å². The minimum Gasteiger partial charge on any atom is -0.350 e. The third-order valence-electron chi connectivity index (χ3n) is 5.21. The van der Waals surface area contributed by atoms with E-state index >= 15 is 0 Å². The minimum absolute atomic E-state index is 0.0305. The molecule has 0 radical (unpaired) electrons. The van der Waals surface area contributed by atoms with E-state index in [1.54, 1.807) is 12.1 Å². The van der Waals surface area contributed by atoms with Gasteiger partial charge in [0.2, 0.25) is 11.8 Å². The van der Waals surface area contributed by atoms with Crippen LogP contribution in [0.5, 0.6) is 0 Å². The van der Waals surface area contributed by atoms with Crippen molar-refractivity contribution in [2.75, 3.05) is 26.2 Å². The van der Waals surface area contributed by atoms with Crippen LogP contribution in [0.1, 0.15) is 39.7 Å². The highest BCUT2D eigenvalue weighted by atomic mass is 19.1. The molecule has 1 atom stereocenters. The van der Waals surface area contributed by atoms with E-state index in [0.717, 1.165) is 12.0 Å². The van der Waals surface area contributed by atoms with Crippen molar-refractivity contribution >= 4 is 11.8 Å². The van der Waals surface area contributed by atoms with Gasteiger partial charge >= 0.3 is 0 Å². The number of amides is 2. The van der Waals surface area contributed by atoms with Crippen LogP contribution in [0.25, 0.3) is 0 Å². The van der Waals surface area contributed by atoms with E-state index in [1.165, 1.54) is 12.1 Å². The van der Waals surface area contributed by atoms with Gasteiger partial charge in [-0.3, -0.25) is 14.5 Å². The lowest BCUT2D eigenvalue weighted by atomic mass is 10.0. The average Bonchev–Trinajstić information content (AvgIpc) is 2.62. The van der Waals surface area contributed by atoms with Gasteiger partial charge in [0.15, 0.2) is 0 Å². The van der Waals surface area contributed by atoms with Gasteiger partial charge in [-0.15, -0.1) is 0 Å². The van der Waals surface area contributed by atoms with Crippen LogP contribution in [0.15, 0.2) is 24.3 Å². The van der Waals surface area contributed by atoms with Crippen molar-refractivity contribution in [2.24, 2.45) is 0 Å². The number of hydrogen-bond donors (Lipinski definition) is 1. The SMILES string of the molecule is CCC(C)(C)NC(=O)C(C)N1CCN(C(=O)Cc2ccc(F)cc2)CC1. The van der Waals surface area contributed by atoms with Gasteiger partial charge in [0, 0.05) is 31.7 Å². The molecule has 5 nitrogen and oxygen atoms in total. The smallest absolute Gasteiger partial charge is 0.237 e. The third kappa shape index (κ3) is 5.53. The van der Waals surface area contributed by atoms with Gasteiger partial charge in [-0.1, -0.05) is 19.1 Å². The van der Waals surface area contributed by atoms with E-state index in [0.29, 0.717) is 26.2 Å². The lowest BCUT2D eigenvalue weighted by Crippen LogP contribution is -2.57. The molecule has 144 valence electrons. The summed E-state index contributed by atoms with van der Waals surface area (Å²) in [5.41, 5.74) is 0.603. The van der Waals surface area contributed by atoms with Crippen LogP contribution in [-0.2, 0) is 16.0 Å². The van der Waals surface area contributed by atoms with Gasteiger partial charge in [-0.25, -0.2) is 4.39 Å². The summed E-state index contributed by atoms with van der Waals surface area (Å²) in [5, 5.41) is 3.08. The number of carbonyl (C=O) groups is 2. The largest absolute Gasteiger partial charge is 0.350 e. The number of benzene rings is 1. The van der Waals surface area contributed by atoms with E-state index in [9.17, 15) is 14.0 Å². The zero-order chi connectivity index (χ0) is 19.3. The van der Waals surface area contributed by atoms with Crippen molar-refractivity contribution in [3.05, 3.63) is 35.6 Å². The van der Waals surface area contributed by atoms with E-state index in [1.807, 2.05) is 25.7 Å². The third-order valence-corrected chi connectivity index (χ3v) is 5.21. The number of nitrogens with one attached hydrogen (secondary N) is 1. The summed E-state index contributed by atoms with van der Waals surface area (Å²) >= 11 is 0. The second-order valence-corrected chi connectivity index (χ2v) is 7.62. The fourth-order valence-corrected chi connectivity index (χ4v) is 2.94. The molecule has 1 heterocycles. The zero-order valence-corrected chi connectivity index (χ0v) is 16.2. The van der Waals surface area contributed by atoms with Gasteiger partial charge in [0.05, 0.1) is 12.5 Å². The quantitative estimate of drug-likeness (QED) is 0.843. The molecule has 1 aromatic rings. The molecule has 1 aromatic carbocycles. The molecule has 6 heteroatoms. The van der Waals surface area contributed by atoms with Crippen LogP contribution in [0.3, 0.4) is 0 Å². The van der Waals surface area contributed by atoms with Crippen LogP contribution in [-0.4, -0.2) is 59.4 Å². The molecule has 1 aliphatic rings. The second kappa shape index (κ2) is 8.62. The van der Waals surface area contributed by atoms with Crippen LogP contribution in [0, 0.1) is 5.82 Å². The van der Waals surface area contributed by atoms with Crippen molar-refractivity contribution < 1.29 is 14.0 Å². The summed E-state index contributed by atoms with van der Waals surface area (Å²) in [5.74, 6) is -0.225. The van der Waals surface area contributed by atoms with E-state index in [4.69, 9.17) is 0 Å². The molecule has 2 rings (SSSR count). The van der Waals surface area contributed by atoms with Crippen LogP contribution in [0.2, 0.25) is 0 Å². The maximum Gasteiger partial charge on any atom is 0.237 e. The molecular formula is C20H30FN3O2. The maximum atomic E-state index is 13.0. The van der Waals surface area contributed by atoms with Crippen LogP contribution in [0.4, 0.5) is 4.39 Å². The molecule has 1 saturated heterocycles. The summed E-state index contributed by atoms with van der Waals surface area (Å²) in [6.45, 7) is 10.6. The number of piperazine rings is 1. The molecule has 1 fully saturated rings. The Morgan fingerprint density at radius 1 is 1.15 bits per heavy atom. The van der Waals surface area contributed by atoms with Gasteiger partial charge in [-0.2, -0.15) is 0 Å². The fraction of sp³-hybridized carbons (Fsp3) is 0.600. The van der Waals surface area contributed by atoms with Gasteiger partial charge in [0.1, 0.15) is 5.82 Å². The summed E-state index contributed by atoms with van der Waals surface area (Å²) < 4.78 is 13.0. The Balaban J connectivity index is 1.83. The normalized spacial score (nSPS) is 17.0. The summed E-state index contributed by atoms with van der Waals surface area (Å²) in [6.07, 6.45) is 1.15. The molecule has 2 amide bonds. The van der Waals surface area contributed by atoms with E-state index < -0.39 is 0 Å². The van der Waals surface area contributed by atoms with E-state index in [2.05, 4.69) is 17.1 Å². The van der Waals surface area contributed by atoms with Crippen molar-refractivity contribution in [3.63, 3.8) is 0 Å². The Morgan fingerprint density at radius 2 is 1.73 bits per heavy atom. The highest BCUT2D eigenvalue weighted by molar-refractivity contribution is 5.82. The maximum absolute atomic E-state index is 13.0. The van der Waals surface area contributed by atoms with Crippen LogP contribution < -0.4 is 5.32 Å². The Bertz CT molecular complexity index is 622. The highest BCUT2D eigenvalue weighted by Gasteiger charge is 2.29. The fourth-order valence-electron chi connectivity index (χ4n) is 2.94. The lowest BCUT2D eigenvalue weighted by molar-refractivity contribution is -0.133. The lowest BCUT2D eigenvalue weighted by Gasteiger charge is -2.38. The highest BCUT2D eigenvalue weighted by Crippen LogP contribution is 2.12. The second-order valence-electron chi connectivity index (χ2n) is 7.62. The monoisotopic (exact) mass is 363 g/mol. The Hall–Kier alpha value is -1.95. The van der Waals surface area contributed by atoms with E-state index in [-0.39, 0.29) is 35.6 Å². The number of rotatable bonds is 6. The molecule has 0 bridgehead atoms. The topological polar surface area (TPSA) is 52.7 Å². The molecule has 1 unspecified atom stereocenters. The minimum atomic E-state index is -0.298. The predicted octanol–water partition coefficient (Wildman–Crippen LogP) is 2.21. The summed E-state index contributed by atoms with van der Waals surface area (Å²) in [4.78, 5) is 28.8. The van der Waals surface area contributed by atoms with Crippen molar-refractivity contribution in [1.82, 2.24) is 15.1 Å². The van der Waals surface area contributed by atoms with Gasteiger partial charge in [-0.05, 0) is 44.9 Å². The number of nitrogens with zero attached hydrogens (tertiary/aromatic N) is 2. The molecule has 0 aliphatic carbocycles.